The lowest BCUT2D eigenvalue weighted by atomic mass is 9.96. The van der Waals surface area contributed by atoms with Gasteiger partial charge in [-0.2, -0.15) is 0 Å². The second-order valence-electron chi connectivity index (χ2n) is 7.25. The van der Waals surface area contributed by atoms with Gasteiger partial charge in [0, 0.05) is 5.56 Å². The first kappa shape index (κ1) is 20.4. The van der Waals surface area contributed by atoms with E-state index in [2.05, 4.69) is 11.4 Å². The number of benzene rings is 4. The van der Waals surface area contributed by atoms with Crippen LogP contribution in [0.25, 0.3) is 27.6 Å². The molecule has 0 unspecified atom stereocenters. The summed E-state index contributed by atoms with van der Waals surface area (Å²) in [6.07, 6.45) is 2.42. The van der Waals surface area contributed by atoms with E-state index in [4.69, 9.17) is 4.74 Å². The van der Waals surface area contributed by atoms with Crippen molar-refractivity contribution in [3.63, 3.8) is 0 Å². The summed E-state index contributed by atoms with van der Waals surface area (Å²) in [4.78, 5) is 25.6. The van der Waals surface area contributed by atoms with Crippen molar-refractivity contribution in [2.45, 2.75) is 13.3 Å². The highest BCUT2D eigenvalue weighted by Gasteiger charge is 2.17. The number of fused-ring (bicyclic) bond motifs is 2. The summed E-state index contributed by atoms with van der Waals surface area (Å²) < 4.78 is 5.36. The first-order valence-corrected chi connectivity index (χ1v) is 10.3. The van der Waals surface area contributed by atoms with Crippen LogP contribution in [0, 0.1) is 0 Å². The average molecular weight is 409 g/mol. The Morgan fingerprint density at radius 2 is 1.42 bits per heavy atom. The summed E-state index contributed by atoms with van der Waals surface area (Å²) in [7, 11) is 0. The Labute approximate surface area is 181 Å². The summed E-state index contributed by atoms with van der Waals surface area (Å²) >= 11 is 0. The Kier molecular flexibility index (Phi) is 6.08. The molecule has 1 amide bonds. The molecule has 0 aliphatic carbocycles. The Balaban J connectivity index is 1.86. The second kappa shape index (κ2) is 9.26. The van der Waals surface area contributed by atoms with E-state index >= 15 is 0 Å². The molecule has 0 aliphatic rings. The van der Waals surface area contributed by atoms with E-state index in [9.17, 15) is 9.59 Å². The number of rotatable bonds is 6. The fourth-order valence-electron chi connectivity index (χ4n) is 3.55. The van der Waals surface area contributed by atoms with Crippen LogP contribution in [-0.2, 0) is 9.53 Å². The van der Waals surface area contributed by atoms with Crippen LogP contribution in [0.4, 0.5) is 0 Å². The number of carbonyl (C=O) groups excluding carboxylic acids is 2. The molecule has 31 heavy (non-hydrogen) atoms. The van der Waals surface area contributed by atoms with Gasteiger partial charge in [0.15, 0.2) is 0 Å². The summed E-state index contributed by atoms with van der Waals surface area (Å²) in [5, 5.41) is 6.88. The summed E-state index contributed by atoms with van der Waals surface area (Å²) in [5.74, 6) is -0.909. The van der Waals surface area contributed by atoms with Crippen LogP contribution in [-0.4, -0.2) is 18.5 Å². The van der Waals surface area contributed by atoms with Gasteiger partial charge in [-0.15, -0.1) is 0 Å². The molecular weight excluding hydrogens is 386 g/mol. The number of nitrogens with one attached hydrogen (secondary N) is 1. The molecule has 4 nitrogen and oxygen atoms in total. The minimum Gasteiger partial charge on any atom is -0.461 e. The van der Waals surface area contributed by atoms with Gasteiger partial charge >= 0.3 is 5.97 Å². The van der Waals surface area contributed by atoms with E-state index in [-0.39, 0.29) is 18.2 Å². The number of hydrogen-bond donors (Lipinski definition) is 1. The van der Waals surface area contributed by atoms with E-state index in [0.717, 1.165) is 27.1 Å². The molecule has 4 heteroatoms. The number of esters is 1. The minimum atomic E-state index is -0.553. The number of ether oxygens (including phenoxy) is 1. The predicted octanol–water partition coefficient (Wildman–Crippen LogP) is 5.72. The second-order valence-corrected chi connectivity index (χ2v) is 7.25. The number of carbonyl (C=O) groups is 2. The molecule has 0 aliphatic heterocycles. The zero-order valence-electron chi connectivity index (χ0n) is 17.3. The first-order valence-electron chi connectivity index (χ1n) is 10.3. The maximum atomic E-state index is 12.8. The SMILES string of the molecule is CCCOC(=O)/C(=C/c1c2ccccc2cc2ccccc12)NC(=O)c1ccccc1. The average Bonchev–Trinajstić information content (AvgIpc) is 2.82. The van der Waals surface area contributed by atoms with E-state index in [1.807, 2.05) is 61.5 Å². The number of amides is 1. The molecule has 0 spiro atoms. The van der Waals surface area contributed by atoms with Gasteiger partial charge in [0.25, 0.3) is 5.91 Å². The van der Waals surface area contributed by atoms with Gasteiger partial charge in [-0.3, -0.25) is 4.79 Å². The van der Waals surface area contributed by atoms with Crippen molar-refractivity contribution in [2.75, 3.05) is 6.61 Å². The molecule has 1 N–H and O–H groups in total. The Morgan fingerprint density at radius 3 is 2.03 bits per heavy atom. The highest BCUT2D eigenvalue weighted by Crippen LogP contribution is 2.30. The van der Waals surface area contributed by atoms with E-state index in [1.165, 1.54) is 0 Å². The van der Waals surface area contributed by atoms with Crippen molar-refractivity contribution in [3.8, 4) is 0 Å². The Morgan fingerprint density at radius 1 is 0.839 bits per heavy atom. The fraction of sp³-hybridized carbons (Fsp3) is 0.111. The van der Waals surface area contributed by atoms with Crippen molar-refractivity contribution in [1.82, 2.24) is 5.32 Å². The first-order chi connectivity index (χ1) is 15.2. The highest BCUT2D eigenvalue weighted by atomic mass is 16.5. The van der Waals surface area contributed by atoms with Gasteiger partial charge in [0.05, 0.1) is 6.61 Å². The molecule has 0 saturated heterocycles. The van der Waals surface area contributed by atoms with E-state index < -0.39 is 5.97 Å². The quantitative estimate of drug-likeness (QED) is 0.252. The third-order valence-corrected chi connectivity index (χ3v) is 5.04. The molecule has 0 bridgehead atoms. The maximum absolute atomic E-state index is 12.8. The zero-order valence-corrected chi connectivity index (χ0v) is 17.3. The van der Waals surface area contributed by atoms with Crippen LogP contribution >= 0.6 is 0 Å². The van der Waals surface area contributed by atoms with Crippen LogP contribution in [0.15, 0.2) is 90.6 Å². The van der Waals surface area contributed by atoms with Crippen LogP contribution in [0.3, 0.4) is 0 Å². The zero-order chi connectivity index (χ0) is 21.6. The van der Waals surface area contributed by atoms with Gasteiger partial charge in [-0.05, 0) is 57.8 Å². The van der Waals surface area contributed by atoms with Crippen LogP contribution in [0.1, 0.15) is 29.3 Å². The van der Waals surface area contributed by atoms with Crippen molar-refractivity contribution >= 4 is 39.5 Å². The third-order valence-electron chi connectivity index (χ3n) is 5.04. The monoisotopic (exact) mass is 409 g/mol. The summed E-state index contributed by atoms with van der Waals surface area (Å²) in [6.45, 7) is 2.21. The predicted molar refractivity (Wildman–Crippen MR) is 125 cm³/mol. The molecule has 0 radical (unpaired) electrons. The molecule has 154 valence electrons. The van der Waals surface area contributed by atoms with E-state index in [1.54, 1.807) is 30.3 Å². The molecule has 4 aromatic rings. The van der Waals surface area contributed by atoms with Gasteiger partial charge < -0.3 is 10.1 Å². The van der Waals surface area contributed by atoms with E-state index in [0.29, 0.717) is 12.0 Å². The Bertz CT molecular complexity index is 1220. The standard InChI is InChI=1S/C27H23NO3/c1-2-16-31-27(30)25(28-26(29)19-10-4-3-5-11-19)18-24-22-14-8-6-12-20(22)17-21-13-7-9-15-23(21)24/h3-15,17-18H,2,16H2,1H3,(H,28,29)/b25-18-. The van der Waals surface area contributed by atoms with Gasteiger partial charge in [0.1, 0.15) is 5.70 Å². The molecular formula is C27H23NO3. The maximum Gasteiger partial charge on any atom is 0.354 e. The largest absolute Gasteiger partial charge is 0.461 e. The van der Waals surface area contributed by atoms with Crippen LogP contribution < -0.4 is 5.32 Å². The molecule has 0 atom stereocenters. The fourth-order valence-corrected chi connectivity index (χ4v) is 3.55. The van der Waals surface area contributed by atoms with Crippen LogP contribution in [0.5, 0.6) is 0 Å². The lowest BCUT2D eigenvalue weighted by molar-refractivity contribution is -0.139. The van der Waals surface area contributed by atoms with Gasteiger partial charge in [-0.25, -0.2) is 4.79 Å². The smallest absolute Gasteiger partial charge is 0.354 e. The van der Waals surface area contributed by atoms with Crippen molar-refractivity contribution in [2.24, 2.45) is 0 Å². The Hall–Kier alpha value is -3.92. The van der Waals surface area contributed by atoms with Gasteiger partial charge in [0.2, 0.25) is 0 Å². The lowest BCUT2D eigenvalue weighted by Crippen LogP contribution is -2.28. The minimum absolute atomic E-state index is 0.115. The molecule has 0 aromatic heterocycles. The summed E-state index contributed by atoms with van der Waals surface area (Å²) in [5.41, 5.74) is 1.45. The topological polar surface area (TPSA) is 55.4 Å². The van der Waals surface area contributed by atoms with Crippen LogP contribution in [0.2, 0.25) is 0 Å². The normalized spacial score (nSPS) is 11.5. The summed E-state index contributed by atoms with van der Waals surface area (Å²) in [6, 6.07) is 26.9. The highest BCUT2D eigenvalue weighted by molar-refractivity contribution is 6.10. The lowest BCUT2D eigenvalue weighted by Gasteiger charge is -2.13. The van der Waals surface area contributed by atoms with Crippen molar-refractivity contribution < 1.29 is 14.3 Å². The van der Waals surface area contributed by atoms with Crippen molar-refractivity contribution in [3.05, 3.63) is 102 Å². The molecule has 0 saturated carbocycles. The van der Waals surface area contributed by atoms with Crippen molar-refractivity contribution in [1.29, 1.82) is 0 Å². The molecule has 4 aromatic carbocycles. The molecule has 0 fully saturated rings. The van der Waals surface area contributed by atoms with Gasteiger partial charge in [-0.1, -0.05) is 73.7 Å². The molecule has 4 rings (SSSR count). The molecule has 0 heterocycles. The number of hydrogen-bond acceptors (Lipinski definition) is 3. The third kappa shape index (κ3) is 4.48.